The lowest BCUT2D eigenvalue weighted by molar-refractivity contribution is -0.143. The maximum Gasteiger partial charge on any atom is 0.308 e. The molecule has 1 fully saturated rings. The molecule has 0 aromatic rings. The minimum absolute atomic E-state index is 0.301. The molecular formula is C12H16NO4S-. The molecule has 0 bridgehead atoms. The van der Waals surface area contributed by atoms with E-state index in [9.17, 15) is 13.6 Å². The molecule has 0 radical (unpaired) electrons. The van der Waals surface area contributed by atoms with Crippen LogP contribution >= 0.6 is 0 Å². The SMILES string of the molecule is C=C/C=C1/CC(C(=O)O)[C@@H](C)N(S(=O)[O-])/C1=C/C. The molecular weight excluding hydrogens is 254 g/mol. The molecule has 1 rings (SSSR count). The Labute approximate surface area is 109 Å². The molecule has 100 valence electrons. The van der Waals surface area contributed by atoms with E-state index in [2.05, 4.69) is 6.58 Å². The van der Waals surface area contributed by atoms with Crippen molar-refractivity contribution in [2.45, 2.75) is 26.3 Å². The summed E-state index contributed by atoms with van der Waals surface area (Å²) in [6.45, 7) is 6.88. The highest BCUT2D eigenvalue weighted by Gasteiger charge is 2.37. The Bertz CT molecular complexity index is 441. The number of carbonyl (C=O) groups is 1. The van der Waals surface area contributed by atoms with Gasteiger partial charge in [-0.25, -0.2) is 0 Å². The Kier molecular flexibility index (Phi) is 4.86. The van der Waals surface area contributed by atoms with Crippen LogP contribution in [-0.2, 0) is 16.1 Å². The number of aliphatic carboxylic acids is 1. The summed E-state index contributed by atoms with van der Waals surface area (Å²) in [4.78, 5) is 11.2. The van der Waals surface area contributed by atoms with Crippen LogP contribution in [0.2, 0.25) is 0 Å². The van der Waals surface area contributed by atoms with E-state index in [-0.39, 0.29) is 0 Å². The van der Waals surface area contributed by atoms with Gasteiger partial charge in [0.15, 0.2) is 0 Å². The summed E-state index contributed by atoms with van der Waals surface area (Å²) in [7, 11) is 0. The second-order valence-corrected chi connectivity index (χ2v) is 4.86. The van der Waals surface area contributed by atoms with Crippen LogP contribution in [0.15, 0.2) is 36.1 Å². The van der Waals surface area contributed by atoms with Gasteiger partial charge in [-0.15, -0.1) is 0 Å². The van der Waals surface area contributed by atoms with Crippen molar-refractivity contribution < 1.29 is 18.7 Å². The van der Waals surface area contributed by atoms with Gasteiger partial charge in [0.2, 0.25) is 0 Å². The van der Waals surface area contributed by atoms with Crippen molar-refractivity contribution in [3.05, 3.63) is 36.1 Å². The summed E-state index contributed by atoms with van der Waals surface area (Å²) in [5, 5.41) is 9.15. The van der Waals surface area contributed by atoms with Gasteiger partial charge in [-0.3, -0.25) is 13.3 Å². The maximum atomic E-state index is 11.3. The van der Waals surface area contributed by atoms with Gasteiger partial charge >= 0.3 is 5.97 Å². The maximum absolute atomic E-state index is 11.3. The predicted octanol–water partition coefficient (Wildman–Crippen LogP) is 1.59. The van der Waals surface area contributed by atoms with E-state index in [1.165, 1.54) is 6.08 Å². The van der Waals surface area contributed by atoms with Crippen molar-refractivity contribution >= 4 is 17.2 Å². The fraction of sp³-hybridized carbons (Fsp3) is 0.417. The molecule has 18 heavy (non-hydrogen) atoms. The Balaban J connectivity index is 3.28. The predicted molar refractivity (Wildman–Crippen MR) is 68.0 cm³/mol. The lowest BCUT2D eigenvalue weighted by Gasteiger charge is -2.42. The molecule has 0 saturated carbocycles. The van der Waals surface area contributed by atoms with Gasteiger partial charge in [-0.2, -0.15) is 0 Å². The zero-order chi connectivity index (χ0) is 13.9. The third-order valence-electron chi connectivity index (χ3n) is 3.03. The normalized spacial score (nSPS) is 30.5. The molecule has 2 unspecified atom stereocenters. The van der Waals surface area contributed by atoms with E-state index >= 15 is 0 Å². The van der Waals surface area contributed by atoms with Gasteiger partial charge in [0.05, 0.1) is 12.0 Å². The third kappa shape index (κ3) is 2.70. The van der Waals surface area contributed by atoms with E-state index < -0.39 is 29.2 Å². The Morgan fingerprint density at radius 3 is 2.67 bits per heavy atom. The monoisotopic (exact) mass is 270 g/mol. The van der Waals surface area contributed by atoms with Gasteiger partial charge in [0.25, 0.3) is 0 Å². The Hall–Kier alpha value is -1.40. The molecule has 1 heterocycles. The molecule has 0 aromatic carbocycles. The van der Waals surface area contributed by atoms with Crippen LogP contribution in [0.4, 0.5) is 0 Å². The summed E-state index contributed by atoms with van der Waals surface area (Å²) in [5.41, 5.74) is 1.19. The summed E-state index contributed by atoms with van der Waals surface area (Å²) in [6, 6.07) is -0.603. The van der Waals surface area contributed by atoms with Crippen molar-refractivity contribution in [3.63, 3.8) is 0 Å². The second kappa shape index (κ2) is 5.97. The Morgan fingerprint density at radius 2 is 2.28 bits per heavy atom. The zero-order valence-electron chi connectivity index (χ0n) is 10.3. The van der Waals surface area contributed by atoms with Gasteiger partial charge in [0, 0.05) is 17.0 Å². The highest BCUT2D eigenvalue weighted by atomic mass is 32.2. The molecule has 3 atom stereocenters. The number of carboxylic acids is 1. The van der Waals surface area contributed by atoms with E-state index in [0.717, 1.165) is 4.31 Å². The lowest BCUT2D eigenvalue weighted by atomic mass is 9.86. The largest absolute Gasteiger partial charge is 0.755 e. The van der Waals surface area contributed by atoms with Crippen molar-refractivity contribution in [2.24, 2.45) is 5.92 Å². The summed E-state index contributed by atoms with van der Waals surface area (Å²) in [6.07, 6.45) is 5.15. The number of hydrogen-bond acceptors (Lipinski definition) is 3. The Morgan fingerprint density at radius 1 is 1.67 bits per heavy atom. The number of allylic oxidation sites excluding steroid dienone is 4. The van der Waals surface area contributed by atoms with Crippen LogP contribution < -0.4 is 0 Å². The first-order valence-corrected chi connectivity index (χ1v) is 6.56. The molecule has 5 nitrogen and oxygen atoms in total. The van der Waals surface area contributed by atoms with Crippen LogP contribution in [0.3, 0.4) is 0 Å². The second-order valence-electron chi connectivity index (χ2n) is 4.03. The number of rotatable bonds is 3. The molecule has 0 amide bonds. The standard InChI is InChI=1S/C12H17NO4S/c1-4-6-9-7-10(12(14)15)8(3)13(18(16)17)11(9)5-2/h4-6,8,10H,1,7H2,2-3H3,(H,14,15)(H,16,17)/p-1/b9-6-,11-5+/t8-,10?/m1/s1. The lowest BCUT2D eigenvalue weighted by Crippen LogP contribution is -2.46. The van der Waals surface area contributed by atoms with Crippen LogP contribution in [0.25, 0.3) is 0 Å². The highest BCUT2D eigenvalue weighted by molar-refractivity contribution is 7.76. The van der Waals surface area contributed by atoms with Crippen LogP contribution in [0, 0.1) is 5.92 Å². The molecule has 1 saturated heterocycles. The van der Waals surface area contributed by atoms with Gasteiger partial charge in [-0.1, -0.05) is 24.8 Å². The van der Waals surface area contributed by atoms with Crippen molar-refractivity contribution in [1.29, 1.82) is 0 Å². The molecule has 0 spiro atoms. The first kappa shape index (κ1) is 14.7. The number of hydrogen-bond donors (Lipinski definition) is 1. The van der Waals surface area contributed by atoms with Gasteiger partial charge in [-0.05, 0) is 25.8 Å². The first-order valence-electron chi connectivity index (χ1n) is 5.53. The topological polar surface area (TPSA) is 80.7 Å². The highest BCUT2D eigenvalue weighted by Crippen LogP contribution is 2.35. The van der Waals surface area contributed by atoms with E-state index in [0.29, 0.717) is 17.7 Å². The van der Waals surface area contributed by atoms with Crippen LogP contribution in [0.5, 0.6) is 0 Å². The molecule has 1 aliphatic heterocycles. The van der Waals surface area contributed by atoms with E-state index in [1.54, 1.807) is 26.0 Å². The van der Waals surface area contributed by atoms with Crippen molar-refractivity contribution in [1.82, 2.24) is 4.31 Å². The zero-order valence-corrected chi connectivity index (χ0v) is 11.1. The molecule has 6 heteroatoms. The summed E-state index contributed by atoms with van der Waals surface area (Å²) >= 11 is -2.50. The van der Waals surface area contributed by atoms with Crippen LogP contribution in [0.1, 0.15) is 20.3 Å². The number of carboxylic acid groups (broad SMARTS) is 1. The third-order valence-corrected chi connectivity index (χ3v) is 3.88. The van der Waals surface area contributed by atoms with Crippen molar-refractivity contribution in [3.8, 4) is 0 Å². The van der Waals surface area contributed by atoms with E-state index in [1.807, 2.05) is 0 Å². The fourth-order valence-electron chi connectivity index (χ4n) is 2.15. The molecule has 1 aliphatic rings. The molecule has 0 aromatic heterocycles. The average molecular weight is 270 g/mol. The number of piperidine rings is 1. The van der Waals surface area contributed by atoms with Crippen LogP contribution in [-0.4, -0.2) is 30.2 Å². The summed E-state index contributed by atoms with van der Waals surface area (Å²) < 4.78 is 23.7. The molecule has 0 aliphatic carbocycles. The van der Waals surface area contributed by atoms with Gasteiger partial charge < -0.3 is 9.66 Å². The first-order chi connectivity index (χ1) is 8.43. The number of nitrogens with zero attached hydrogens (tertiary/aromatic N) is 1. The summed E-state index contributed by atoms with van der Waals surface area (Å²) in [5.74, 6) is -1.75. The smallest absolute Gasteiger partial charge is 0.308 e. The van der Waals surface area contributed by atoms with Crippen molar-refractivity contribution in [2.75, 3.05) is 0 Å². The minimum Gasteiger partial charge on any atom is -0.755 e. The quantitative estimate of drug-likeness (QED) is 0.790. The van der Waals surface area contributed by atoms with Gasteiger partial charge in [0.1, 0.15) is 0 Å². The fourth-order valence-corrected chi connectivity index (χ4v) is 2.96. The average Bonchev–Trinajstić information content (AvgIpc) is 2.29. The van der Waals surface area contributed by atoms with E-state index in [4.69, 9.17) is 5.11 Å². The minimum atomic E-state index is -2.50. The molecule has 1 N–H and O–H groups in total.